The van der Waals surface area contributed by atoms with Gasteiger partial charge < -0.3 is 10.3 Å². The lowest BCUT2D eigenvalue weighted by atomic mass is 10.1. The molecule has 2 nitrogen and oxygen atoms in total. The summed E-state index contributed by atoms with van der Waals surface area (Å²) in [5.74, 6) is 0. The lowest BCUT2D eigenvalue weighted by molar-refractivity contribution is 0.571. The first-order valence-corrected chi connectivity index (χ1v) is 5.88. The van der Waals surface area contributed by atoms with E-state index in [0.717, 1.165) is 0 Å². The lowest BCUT2D eigenvalue weighted by Gasteiger charge is -2.16. The van der Waals surface area contributed by atoms with Gasteiger partial charge >= 0.3 is 0 Å². The van der Waals surface area contributed by atoms with E-state index < -0.39 is 0 Å². The molecule has 0 fully saturated rings. The predicted octanol–water partition coefficient (Wildman–Crippen LogP) is 3.55. The van der Waals surface area contributed by atoms with Gasteiger partial charge in [-0.2, -0.15) is 0 Å². The lowest BCUT2D eigenvalue weighted by Crippen LogP contribution is -2.13. The van der Waals surface area contributed by atoms with Crippen molar-refractivity contribution in [1.29, 1.82) is 0 Å². The Morgan fingerprint density at radius 2 is 1.88 bits per heavy atom. The molecule has 0 saturated heterocycles. The third-order valence-electron chi connectivity index (χ3n) is 3.11. The van der Waals surface area contributed by atoms with Crippen LogP contribution < -0.4 is 5.73 Å². The van der Waals surface area contributed by atoms with Crippen molar-refractivity contribution in [3.05, 3.63) is 35.5 Å². The van der Waals surface area contributed by atoms with Crippen molar-refractivity contribution in [3.63, 3.8) is 0 Å². The first-order chi connectivity index (χ1) is 7.52. The smallest absolute Gasteiger partial charge is 0.0488 e. The Kier molecular flexibility index (Phi) is 2.76. The fourth-order valence-corrected chi connectivity index (χ4v) is 2.35. The van der Waals surface area contributed by atoms with Crippen LogP contribution in [0.25, 0.3) is 10.9 Å². The van der Waals surface area contributed by atoms with E-state index in [4.69, 9.17) is 5.73 Å². The zero-order valence-electron chi connectivity index (χ0n) is 10.5. The van der Waals surface area contributed by atoms with Gasteiger partial charge in [0.05, 0.1) is 0 Å². The molecule has 0 spiro atoms. The summed E-state index contributed by atoms with van der Waals surface area (Å²) in [5, 5.41) is 1.32. The third kappa shape index (κ3) is 1.63. The summed E-state index contributed by atoms with van der Waals surface area (Å²) in [6, 6.07) is 9.19. The minimum Gasteiger partial charge on any atom is -0.341 e. The van der Waals surface area contributed by atoms with E-state index in [9.17, 15) is 0 Å². The quantitative estimate of drug-likeness (QED) is 0.817. The van der Waals surface area contributed by atoms with Gasteiger partial charge in [-0.15, -0.1) is 0 Å². The van der Waals surface area contributed by atoms with E-state index >= 15 is 0 Å². The second-order valence-corrected chi connectivity index (χ2v) is 4.83. The second-order valence-electron chi connectivity index (χ2n) is 4.83. The number of hydrogen-bond acceptors (Lipinski definition) is 1. The minimum atomic E-state index is 0.0780. The summed E-state index contributed by atoms with van der Waals surface area (Å²) in [4.78, 5) is 0. The fraction of sp³-hybridized carbons (Fsp3) is 0.429. The van der Waals surface area contributed by atoms with Crippen molar-refractivity contribution in [2.45, 2.75) is 39.8 Å². The molecule has 1 unspecified atom stereocenters. The normalized spacial score (nSPS) is 13.6. The second kappa shape index (κ2) is 3.95. The first-order valence-electron chi connectivity index (χ1n) is 5.88. The average Bonchev–Trinajstić information content (AvgIpc) is 2.58. The highest BCUT2D eigenvalue weighted by Gasteiger charge is 2.14. The van der Waals surface area contributed by atoms with Gasteiger partial charge in [-0.25, -0.2) is 0 Å². The molecule has 0 radical (unpaired) electrons. The van der Waals surface area contributed by atoms with Gasteiger partial charge in [0.2, 0.25) is 0 Å². The third-order valence-corrected chi connectivity index (χ3v) is 3.11. The van der Waals surface area contributed by atoms with E-state index in [1.807, 2.05) is 6.92 Å². The Labute approximate surface area is 97.1 Å². The van der Waals surface area contributed by atoms with Crippen LogP contribution in [0.1, 0.15) is 44.1 Å². The average molecular weight is 216 g/mol. The fourth-order valence-electron chi connectivity index (χ4n) is 2.35. The van der Waals surface area contributed by atoms with Crippen molar-refractivity contribution in [3.8, 4) is 0 Å². The molecule has 86 valence electrons. The highest BCUT2D eigenvalue weighted by atomic mass is 15.0. The van der Waals surface area contributed by atoms with Crippen LogP contribution in [0.4, 0.5) is 0 Å². The number of benzene rings is 1. The molecule has 0 aliphatic heterocycles. The maximum Gasteiger partial charge on any atom is 0.0488 e. The monoisotopic (exact) mass is 216 g/mol. The molecule has 1 aromatic carbocycles. The number of nitrogens with two attached hydrogens (primary N) is 1. The zero-order chi connectivity index (χ0) is 11.9. The van der Waals surface area contributed by atoms with Crippen LogP contribution in [-0.4, -0.2) is 4.57 Å². The van der Waals surface area contributed by atoms with E-state index in [2.05, 4.69) is 49.6 Å². The highest BCUT2D eigenvalue weighted by Crippen LogP contribution is 2.29. The predicted molar refractivity (Wildman–Crippen MR) is 69.7 cm³/mol. The molecular formula is C14H20N2. The minimum absolute atomic E-state index is 0.0780. The molecule has 2 aromatic rings. The Morgan fingerprint density at radius 3 is 2.44 bits per heavy atom. The summed E-state index contributed by atoms with van der Waals surface area (Å²) >= 11 is 0. The number of aromatic nitrogens is 1. The van der Waals surface area contributed by atoms with Crippen LogP contribution in [0, 0.1) is 6.92 Å². The van der Waals surface area contributed by atoms with Gasteiger partial charge in [-0.1, -0.05) is 12.1 Å². The van der Waals surface area contributed by atoms with E-state index in [1.165, 1.54) is 22.2 Å². The molecule has 2 rings (SSSR count). The van der Waals surface area contributed by atoms with Crippen molar-refractivity contribution >= 4 is 10.9 Å². The van der Waals surface area contributed by atoms with Crippen molar-refractivity contribution in [2.75, 3.05) is 0 Å². The molecule has 0 amide bonds. The molecule has 1 heterocycles. The maximum absolute atomic E-state index is 6.05. The Hall–Kier alpha value is -1.28. The Morgan fingerprint density at radius 1 is 1.19 bits per heavy atom. The molecule has 2 N–H and O–H groups in total. The molecular weight excluding hydrogens is 196 g/mol. The molecule has 0 saturated carbocycles. The van der Waals surface area contributed by atoms with E-state index in [-0.39, 0.29) is 6.04 Å². The molecule has 2 heteroatoms. The molecule has 0 bridgehead atoms. The van der Waals surface area contributed by atoms with Crippen molar-refractivity contribution in [1.82, 2.24) is 4.57 Å². The zero-order valence-corrected chi connectivity index (χ0v) is 10.5. The van der Waals surface area contributed by atoms with Gasteiger partial charge in [0, 0.05) is 28.7 Å². The van der Waals surface area contributed by atoms with Gasteiger partial charge in [0.25, 0.3) is 0 Å². The number of aryl methyl sites for hydroxylation is 1. The molecule has 16 heavy (non-hydrogen) atoms. The number of rotatable bonds is 2. The molecule has 0 aliphatic rings. The first kappa shape index (κ1) is 11.2. The van der Waals surface area contributed by atoms with Crippen LogP contribution in [0.2, 0.25) is 0 Å². The van der Waals surface area contributed by atoms with Crippen molar-refractivity contribution in [2.24, 2.45) is 5.73 Å². The number of nitrogens with zero attached hydrogens (tertiary/aromatic N) is 1. The van der Waals surface area contributed by atoms with Gasteiger partial charge in [0.15, 0.2) is 0 Å². The molecule has 0 aliphatic carbocycles. The van der Waals surface area contributed by atoms with Crippen LogP contribution in [-0.2, 0) is 0 Å². The highest BCUT2D eigenvalue weighted by molar-refractivity contribution is 5.85. The SMILES string of the molecule is Cc1cccc2c1cc(C(C)N)n2C(C)C. The topological polar surface area (TPSA) is 30.9 Å². The summed E-state index contributed by atoms with van der Waals surface area (Å²) in [6.45, 7) is 8.60. The Balaban J connectivity index is 2.81. The summed E-state index contributed by atoms with van der Waals surface area (Å²) in [6.07, 6.45) is 0. The number of fused-ring (bicyclic) bond motifs is 1. The van der Waals surface area contributed by atoms with Gasteiger partial charge in [-0.3, -0.25) is 0 Å². The van der Waals surface area contributed by atoms with E-state index in [0.29, 0.717) is 6.04 Å². The van der Waals surface area contributed by atoms with Crippen LogP contribution in [0.5, 0.6) is 0 Å². The van der Waals surface area contributed by atoms with Gasteiger partial charge in [0.1, 0.15) is 0 Å². The summed E-state index contributed by atoms with van der Waals surface area (Å²) in [5.41, 5.74) is 9.88. The summed E-state index contributed by atoms with van der Waals surface area (Å²) in [7, 11) is 0. The van der Waals surface area contributed by atoms with Crippen LogP contribution in [0.3, 0.4) is 0 Å². The van der Waals surface area contributed by atoms with Crippen molar-refractivity contribution < 1.29 is 0 Å². The summed E-state index contributed by atoms with van der Waals surface area (Å²) < 4.78 is 2.34. The number of hydrogen-bond donors (Lipinski definition) is 1. The maximum atomic E-state index is 6.05. The molecule has 1 aromatic heterocycles. The Bertz CT molecular complexity index is 507. The molecule has 1 atom stereocenters. The van der Waals surface area contributed by atoms with Crippen LogP contribution in [0.15, 0.2) is 24.3 Å². The standard InChI is InChI=1S/C14H20N2/c1-9(2)16-13-7-5-6-10(3)12(13)8-14(16)11(4)15/h5-9,11H,15H2,1-4H3. The van der Waals surface area contributed by atoms with Gasteiger partial charge in [-0.05, 0) is 45.4 Å². The van der Waals surface area contributed by atoms with E-state index in [1.54, 1.807) is 0 Å². The largest absolute Gasteiger partial charge is 0.341 e. The van der Waals surface area contributed by atoms with Crippen LogP contribution >= 0.6 is 0 Å².